The number of hydrogen-bond acceptors (Lipinski definition) is 7. The molecule has 2 heterocycles. The van der Waals surface area contributed by atoms with Gasteiger partial charge in [0.25, 0.3) is 0 Å². The molecule has 0 radical (unpaired) electrons. The van der Waals surface area contributed by atoms with Crippen molar-refractivity contribution in [3.8, 4) is 0 Å². The van der Waals surface area contributed by atoms with Gasteiger partial charge in [0, 0.05) is 11.6 Å². The zero-order chi connectivity index (χ0) is 17.5. The molecule has 0 saturated carbocycles. The molecule has 9 heteroatoms. The largest absolute Gasteiger partial charge is 0.293 e. The number of aryl methyl sites for hydroxylation is 1. The van der Waals surface area contributed by atoms with Crippen LogP contribution in [0.4, 0.5) is 5.69 Å². The maximum absolute atomic E-state index is 12.4. The van der Waals surface area contributed by atoms with Crippen molar-refractivity contribution in [3.05, 3.63) is 34.3 Å². The summed E-state index contributed by atoms with van der Waals surface area (Å²) in [5.41, 5.74) is 2.18. The van der Waals surface area contributed by atoms with Crippen LogP contribution < -0.4 is 4.31 Å². The molecule has 1 atom stereocenters. The van der Waals surface area contributed by atoms with Crippen molar-refractivity contribution < 1.29 is 13.2 Å². The Kier molecular flexibility index (Phi) is 4.67. The molecular weight excluding hydrogens is 366 g/mol. The summed E-state index contributed by atoms with van der Waals surface area (Å²) in [4.78, 5) is 12.4. The highest BCUT2D eigenvalue weighted by atomic mass is 32.2. The van der Waals surface area contributed by atoms with Crippen LogP contribution in [0.1, 0.15) is 27.9 Å². The molecule has 1 aliphatic heterocycles. The smallest absolute Gasteiger partial charge is 0.232 e. The van der Waals surface area contributed by atoms with Crippen molar-refractivity contribution in [2.75, 3.05) is 16.3 Å². The molecule has 6 nitrogen and oxygen atoms in total. The quantitative estimate of drug-likeness (QED) is 0.583. The predicted octanol–water partition coefficient (Wildman–Crippen LogP) is 2.53. The van der Waals surface area contributed by atoms with Crippen LogP contribution in [0.25, 0.3) is 0 Å². The second-order valence-electron chi connectivity index (χ2n) is 5.75. The van der Waals surface area contributed by atoms with Crippen LogP contribution in [0.15, 0.2) is 22.5 Å². The molecule has 128 valence electrons. The number of nitrogens with zero attached hydrogens (tertiary/aromatic N) is 3. The summed E-state index contributed by atoms with van der Waals surface area (Å²) in [7, 11) is -3.31. The van der Waals surface area contributed by atoms with E-state index in [2.05, 4.69) is 10.2 Å². The number of aromatic nitrogens is 2. The van der Waals surface area contributed by atoms with Gasteiger partial charge in [0.05, 0.1) is 17.7 Å². The van der Waals surface area contributed by atoms with Crippen molar-refractivity contribution in [1.82, 2.24) is 10.2 Å². The Balaban J connectivity index is 1.77. The van der Waals surface area contributed by atoms with Crippen LogP contribution in [0.5, 0.6) is 0 Å². The Hall–Kier alpha value is -1.45. The fraction of sp³-hybridized carbons (Fsp3) is 0.400. The van der Waals surface area contributed by atoms with Crippen molar-refractivity contribution >= 4 is 44.6 Å². The number of hydrogen-bond donors (Lipinski definition) is 0. The summed E-state index contributed by atoms with van der Waals surface area (Å²) < 4.78 is 26.1. The number of thioether (sulfide) groups is 1. The third-order valence-electron chi connectivity index (χ3n) is 3.75. The van der Waals surface area contributed by atoms with Gasteiger partial charge in [-0.3, -0.25) is 9.10 Å². The van der Waals surface area contributed by atoms with Gasteiger partial charge in [0.1, 0.15) is 5.01 Å². The average molecular weight is 384 g/mol. The molecule has 0 amide bonds. The van der Waals surface area contributed by atoms with Crippen LogP contribution in [-0.2, 0) is 16.4 Å². The molecule has 0 spiro atoms. The maximum Gasteiger partial charge on any atom is 0.232 e. The Morgan fingerprint density at radius 2 is 2.17 bits per heavy atom. The molecule has 0 fully saturated rings. The van der Waals surface area contributed by atoms with E-state index in [0.717, 1.165) is 14.9 Å². The standard InChI is InChI=1S/C15H17N3O3S3/c1-9-6-12-7-11(4-5-13(12)18(9)24(3,20)21)14(19)8-22-15-17-16-10(2)23-15/h4-5,7,9H,6,8H2,1-3H3/t9-/m1/s1. The molecule has 1 aromatic heterocycles. The number of carbonyl (C=O) groups excluding carboxylic acids is 1. The number of anilines is 1. The monoisotopic (exact) mass is 383 g/mol. The van der Waals surface area contributed by atoms with Gasteiger partial charge in [0.15, 0.2) is 10.1 Å². The summed E-state index contributed by atoms with van der Waals surface area (Å²) in [6.45, 7) is 3.74. The minimum Gasteiger partial charge on any atom is -0.293 e. The molecule has 1 aliphatic rings. The minimum absolute atomic E-state index is 0.00103. The topological polar surface area (TPSA) is 80.2 Å². The molecule has 0 N–H and O–H groups in total. The predicted molar refractivity (Wildman–Crippen MR) is 96.6 cm³/mol. The van der Waals surface area contributed by atoms with Crippen LogP contribution in [0.3, 0.4) is 0 Å². The fourth-order valence-corrected chi connectivity index (χ4v) is 5.80. The molecule has 0 unspecified atom stereocenters. The van der Waals surface area contributed by atoms with Crippen LogP contribution in [0, 0.1) is 6.92 Å². The fourth-order valence-electron chi connectivity index (χ4n) is 2.83. The number of sulfonamides is 1. The van der Waals surface area contributed by atoms with Gasteiger partial charge in [-0.2, -0.15) is 0 Å². The summed E-state index contributed by atoms with van der Waals surface area (Å²) in [5.74, 6) is 0.291. The van der Waals surface area contributed by atoms with E-state index < -0.39 is 10.0 Å². The molecule has 1 aromatic carbocycles. The normalized spacial score (nSPS) is 17.1. The molecule has 24 heavy (non-hydrogen) atoms. The highest BCUT2D eigenvalue weighted by molar-refractivity contribution is 8.01. The lowest BCUT2D eigenvalue weighted by atomic mass is 10.0. The molecule has 0 bridgehead atoms. The summed E-state index contributed by atoms with van der Waals surface area (Å²) in [6.07, 6.45) is 1.82. The van der Waals surface area contributed by atoms with Gasteiger partial charge in [-0.15, -0.1) is 10.2 Å². The first-order chi connectivity index (χ1) is 11.3. The van der Waals surface area contributed by atoms with E-state index in [-0.39, 0.29) is 11.8 Å². The first-order valence-corrected chi connectivity index (χ1v) is 11.0. The zero-order valence-corrected chi connectivity index (χ0v) is 16.0. The van der Waals surface area contributed by atoms with Crippen LogP contribution in [-0.4, -0.2) is 42.4 Å². The maximum atomic E-state index is 12.4. The highest BCUT2D eigenvalue weighted by Crippen LogP contribution is 2.35. The van der Waals surface area contributed by atoms with Crippen molar-refractivity contribution in [2.24, 2.45) is 0 Å². The van der Waals surface area contributed by atoms with E-state index in [1.807, 2.05) is 19.9 Å². The molecule has 2 aromatic rings. The lowest BCUT2D eigenvalue weighted by Gasteiger charge is -2.21. The molecule has 3 rings (SSSR count). The average Bonchev–Trinajstić information content (AvgIpc) is 3.05. The summed E-state index contributed by atoms with van der Waals surface area (Å²) in [5, 5.41) is 8.79. The van der Waals surface area contributed by atoms with E-state index >= 15 is 0 Å². The van der Waals surface area contributed by atoms with Gasteiger partial charge in [-0.1, -0.05) is 23.1 Å². The lowest BCUT2D eigenvalue weighted by molar-refractivity contribution is 0.102. The summed E-state index contributed by atoms with van der Waals surface area (Å²) in [6, 6.07) is 5.11. The Labute approximate surface area is 149 Å². The third-order valence-corrected chi connectivity index (χ3v) is 6.99. The van der Waals surface area contributed by atoms with E-state index in [1.165, 1.54) is 33.7 Å². The van der Waals surface area contributed by atoms with E-state index in [0.29, 0.717) is 23.4 Å². The first kappa shape index (κ1) is 17.4. The van der Waals surface area contributed by atoms with Gasteiger partial charge < -0.3 is 0 Å². The van der Waals surface area contributed by atoms with E-state index in [9.17, 15) is 13.2 Å². The number of fused-ring (bicyclic) bond motifs is 1. The van der Waals surface area contributed by atoms with Gasteiger partial charge >= 0.3 is 0 Å². The highest BCUT2D eigenvalue weighted by Gasteiger charge is 2.32. The lowest BCUT2D eigenvalue weighted by Crippen LogP contribution is -2.34. The van der Waals surface area contributed by atoms with Gasteiger partial charge in [0.2, 0.25) is 10.0 Å². The van der Waals surface area contributed by atoms with E-state index in [1.54, 1.807) is 12.1 Å². The van der Waals surface area contributed by atoms with Crippen LogP contribution >= 0.6 is 23.1 Å². The molecule has 0 aliphatic carbocycles. The number of Topliss-reactive ketones (excluding diaryl/α,β-unsaturated/α-hetero) is 1. The Bertz CT molecular complexity index is 892. The number of rotatable bonds is 5. The van der Waals surface area contributed by atoms with Crippen molar-refractivity contribution in [1.29, 1.82) is 0 Å². The van der Waals surface area contributed by atoms with E-state index in [4.69, 9.17) is 0 Å². The SMILES string of the molecule is Cc1nnc(SCC(=O)c2ccc3c(c2)C[C@@H](C)N3S(C)(=O)=O)s1. The second-order valence-corrected chi connectivity index (χ2v) is 10.0. The number of benzene rings is 1. The minimum atomic E-state index is -3.31. The van der Waals surface area contributed by atoms with Crippen molar-refractivity contribution in [3.63, 3.8) is 0 Å². The van der Waals surface area contributed by atoms with Gasteiger partial charge in [-0.05, 0) is 44.0 Å². The Morgan fingerprint density at radius 3 is 2.79 bits per heavy atom. The molecule has 0 saturated heterocycles. The van der Waals surface area contributed by atoms with Crippen LogP contribution in [0.2, 0.25) is 0 Å². The number of ketones is 1. The zero-order valence-electron chi connectivity index (χ0n) is 13.5. The summed E-state index contributed by atoms with van der Waals surface area (Å²) >= 11 is 2.84. The third kappa shape index (κ3) is 3.47. The number of carbonyl (C=O) groups is 1. The van der Waals surface area contributed by atoms with Gasteiger partial charge in [-0.25, -0.2) is 8.42 Å². The van der Waals surface area contributed by atoms with Crippen molar-refractivity contribution in [2.45, 2.75) is 30.6 Å². The second kappa shape index (κ2) is 6.45. The molecular formula is C15H17N3O3S3. The Morgan fingerprint density at radius 1 is 1.42 bits per heavy atom. The first-order valence-electron chi connectivity index (χ1n) is 7.34.